The van der Waals surface area contributed by atoms with Crippen molar-refractivity contribution in [1.29, 1.82) is 0 Å². The van der Waals surface area contributed by atoms with E-state index in [0.717, 1.165) is 0 Å². The van der Waals surface area contributed by atoms with Crippen molar-refractivity contribution in [2.45, 2.75) is 0 Å². The maximum atomic E-state index is 11.4. The molecule has 1 aromatic heterocycles. The lowest BCUT2D eigenvalue weighted by atomic mass is 10.1. The van der Waals surface area contributed by atoms with E-state index >= 15 is 0 Å². The Morgan fingerprint density at radius 1 is 1.32 bits per heavy atom. The molecule has 0 saturated heterocycles. The van der Waals surface area contributed by atoms with Crippen LogP contribution in [0.25, 0.3) is 11.3 Å². The number of amides is 1. The number of carbonyl (C=O) groups excluding carboxylic acids is 1. The number of nitrogens with one attached hydrogen (secondary N) is 1. The fourth-order valence-corrected chi connectivity index (χ4v) is 1.66. The molecule has 0 unspecified atom stereocenters. The van der Waals surface area contributed by atoms with E-state index < -0.39 is 10.8 Å². The summed E-state index contributed by atoms with van der Waals surface area (Å²) in [5, 5.41) is 10.9. The van der Waals surface area contributed by atoms with Gasteiger partial charge in [-0.05, 0) is 18.2 Å². The third-order valence-corrected chi connectivity index (χ3v) is 2.51. The summed E-state index contributed by atoms with van der Waals surface area (Å²) < 4.78 is 0. The second-order valence-electron chi connectivity index (χ2n) is 3.68. The summed E-state index contributed by atoms with van der Waals surface area (Å²) in [6.07, 6.45) is 1.46. The first-order chi connectivity index (χ1) is 9.13. The van der Waals surface area contributed by atoms with Gasteiger partial charge in [0, 0.05) is 23.4 Å². The quantitative estimate of drug-likeness (QED) is 0.372. The molecule has 2 rings (SSSR count). The number of nitro groups is 1. The molecule has 0 fully saturated rings. The van der Waals surface area contributed by atoms with E-state index in [-0.39, 0.29) is 11.4 Å². The summed E-state index contributed by atoms with van der Waals surface area (Å²) in [6, 6.07) is 9.15. The lowest BCUT2D eigenvalue weighted by molar-refractivity contribution is -0.384. The molecular weight excluding hydrogens is 248 g/mol. The van der Waals surface area contributed by atoms with E-state index in [1.54, 1.807) is 18.2 Å². The Hall–Kier alpha value is -2.80. The first kappa shape index (κ1) is 12.7. The Labute approximate surface area is 108 Å². The number of hydrogen-bond acceptors (Lipinski definition) is 5. The predicted molar refractivity (Wildman–Crippen MR) is 68.0 cm³/mol. The summed E-state index contributed by atoms with van der Waals surface area (Å²) >= 11 is 0. The van der Waals surface area contributed by atoms with Crippen molar-refractivity contribution in [3.8, 4) is 11.3 Å². The number of aromatic nitrogens is 1. The smallest absolute Gasteiger partial charge is 0.290 e. The molecule has 19 heavy (non-hydrogen) atoms. The third-order valence-electron chi connectivity index (χ3n) is 2.51. The monoisotopic (exact) mass is 258 g/mol. The molecule has 1 heterocycles. The number of benzene rings is 1. The molecule has 1 amide bonds. The number of hydrogen-bond donors (Lipinski definition) is 2. The van der Waals surface area contributed by atoms with Gasteiger partial charge in [-0.25, -0.2) is 10.8 Å². The average Bonchev–Trinajstić information content (AvgIpc) is 2.46. The van der Waals surface area contributed by atoms with Gasteiger partial charge in [0.2, 0.25) is 0 Å². The van der Waals surface area contributed by atoms with Crippen LogP contribution in [0.1, 0.15) is 10.4 Å². The van der Waals surface area contributed by atoms with Crippen LogP contribution in [0.3, 0.4) is 0 Å². The van der Waals surface area contributed by atoms with Crippen LogP contribution in [0, 0.1) is 10.1 Å². The third kappa shape index (κ3) is 2.55. The molecule has 3 N–H and O–H groups in total. The molecule has 0 bridgehead atoms. The van der Waals surface area contributed by atoms with Crippen LogP contribution in [-0.4, -0.2) is 15.8 Å². The van der Waals surface area contributed by atoms with Gasteiger partial charge in [0.25, 0.3) is 11.6 Å². The molecule has 0 radical (unpaired) electrons. The van der Waals surface area contributed by atoms with Crippen molar-refractivity contribution in [1.82, 2.24) is 10.4 Å². The number of pyridine rings is 1. The van der Waals surface area contributed by atoms with Gasteiger partial charge in [-0.15, -0.1) is 0 Å². The predicted octanol–water partition coefficient (Wildman–Crippen LogP) is 1.26. The molecule has 0 spiro atoms. The number of rotatable bonds is 3. The summed E-state index contributed by atoms with van der Waals surface area (Å²) in [5.41, 5.74) is 2.88. The molecular formula is C12H10N4O3. The average molecular weight is 258 g/mol. The highest BCUT2D eigenvalue weighted by Gasteiger charge is 2.16. The second kappa shape index (κ2) is 5.23. The molecule has 96 valence electrons. The minimum absolute atomic E-state index is 0.118. The van der Waals surface area contributed by atoms with E-state index in [1.807, 2.05) is 5.43 Å². The Balaban J connectivity index is 2.54. The van der Waals surface area contributed by atoms with Crippen LogP contribution in [-0.2, 0) is 0 Å². The fraction of sp³-hybridized carbons (Fsp3) is 0. The van der Waals surface area contributed by atoms with Crippen molar-refractivity contribution < 1.29 is 9.72 Å². The maximum Gasteiger partial charge on any atom is 0.295 e. The Morgan fingerprint density at radius 2 is 2.11 bits per heavy atom. The summed E-state index contributed by atoms with van der Waals surface area (Å²) in [5.74, 6) is 4.58. The number of carbonyl (C=O) groups is 1. The first-order valence-corrected chi connectivity index (χ1v) is 5.34. The molecule has 0 aliphatic heterocycles. The van der Waals surface area contributed by atoms with Gasteiger partial charge in [0.1, 0.15) is 5.69 Å². The van der Waals surface area contributed by atoms with E-state index in [9.17, 15) is 14.9 Å². The SMILES string of the molecule is NNC(=O)c1cccc(-c2ncccc2[N+](=O)[O-])c1. The van der Waals surface area contributed by atoms with Gasteiger partial charge in [-0.1, -0.05) is 12.1 Å². The highest BCUT2D eigenvalue weighted by Crippen LogP contribution is 2.27. The maximum absolute atomic E-state index is 11.4. The highest BCUT2D eigenvalue weighted by molar-refractivity contribution is 5.95. The van der Waals surface area contributed by atoms with Crippen LogP contribution in [0.4, 0.5) is 5.69 Å². The van der Waals surface area contributed by atoms with E-state index in [1.165, 1.54) is 24.4 Å². The van der Waals surface area contributed by atoms with Gasteiger partial charge in [0.05, 0.1) is 4.92 Å². The summed E-state index contributed by atoms with van der Waals surface area (Å²) in [7, 11) is 0. The van der Waals surface area contributed by atoms with Crippen molar-refractivity contribution in [2.75, 3.05) is 0 Å². The fourth-order valence-electron chi connectivity index (χ4n) is 1.66. The van der Waals surface area contributed by atoms with Crippen molar-refractivity contribution in [2.24, 2.45) is 5.84 Å². The zero-order valence-electron chi connectivity index (χ0n) is 9.74. The highest BCUT2D eigenvalue weighted by atomic mass is 16.6. The van der Waals surface area contributed by atoms with Gasteiger partial charge in [0.15, 0.2) is 0 Å². The lowest BCUT2D eigenvalue weighted by Crippen LogP contribution is -2.29. The summed E-state index contributed by atoms with van der Waals surface area (Å²) in [6.45, 7) is 0. The van der Waals surface area contributed by atoms with Gasteiger partial charge in [-0.2, -0.15) is 0 Å². The number of hydrazine groups is 1. The van der Waals surface area contributed by atoms with Gasteiger partial charge >= 0.3 is 0 Å². The zero-order chi connectivity index (χ0) is 13.8. The largest absolute Gasteiger partial charge is 0.295 e. The molecule has 0 saturated carbocycles. The molecule has 7 heteroatoms. The van der Waals surface area contributed by atoms with E-state index in [2.05, 4.69) is 4.98 Å². The standard InChI is InChI=1S/C12H10N4O3/c13-15-12(17)9-4-1-3-8(7-9)11-10(16(18)19)5-2-6-14-11/h1-7H,13H2,(H,15,17). The molecule has 0 aliphatic carbocycles. The number of nitrogen functional groups attached to an aromatic ring is 1. The van der Waals surface area contributed by atoms with Crippen molar-refractivity contribution in [3.05, 3.63) is 58.3 Å². The topological polar surface area (TPSA) is 111 Å². The van der Waals surface area contributed by atoms with Crippen LogP contribution in [0.2, 0.25) is 0 Å². The number of nitrogens with two attached hydrogens (primary N) is 1. The Kier molecular flexibility index (Phi) is 3.48. The van der Waals surface area contributed by atoms with Gasteiger partial charge in [-0.3, -0.25) is 20.3 Å². The van der Waals surface area contributed by atoms with Crippen LogP contribution < -0.4 is 11.3 Å². The van der Waals surface area contributed by atoms with Crippen molar-refractivity contribution in [3.63, 3.8) is 0 Å². The van der Waals surface area contributed by atoms with Crippen LogP contribution in [0.5, 0.6) is 0 Å². The van der Waals surface area contributed by atoms with Gasteiger partial charge < -0.3 is 0 Å². The Bertz CT molecular complexity index is 642. The minimum Gasteiger partial charge on any atom is -0.290 e. The molecule has 2 aromatic rings. The Morgan fingerprint density at radius 3 is 2.79 bits per heavy atom. The lowest BCUT2D eigenvalue weighted by Gasteiger charge is -2.04. The van der Waals surface area contributed by atoms with Crippen LogP contribution in [0.15, 0.2) is 42.6 Å². The van der Waals surface area contributed by atoms with Crippen LogP contribution >= 0.6 is 0 Å². The van der Waals surface area contributed by atoms with E-state index in [0.29, 0.717) is 11.1 Å². The first-order valence-electron chi connectivity index (χ1n) is 5.34. The van der Waals surface area contributed by atoms with Crippen molar-refractivity contribution >= 4 is 11.6 Å². The molecule has 1 aromatic carbocycles. The zero-order valence-corrected chi connectivity index (χ0v) is 9.74. The molecule has 0 aliphatic rings. The normalized spacial score (nSPS) is 9.95. The molecule has 0 atom stereocenters. The van der Waals surface area contributed by atoms with E-state index in [4.69, 9.17) is 5.84 Å². The minimum atomic E-state index is -0.516. The number of nitrogens with zero attached hydrogens (tertiary/aromatic N) is 2. The molecule has 7 nitrogen and oxygen atoms in total. The second-order valence-corrected chi connectivity index (χ2v) is 3.68. The summed E-state index contributed by atoms with van der Waals surface area (Å²) in [4.78, 5) is 25.8.